The molecule has 0 saturated carbocycles. The highest BCUT2D eigenvalue weighted by Gasteiger charge is 2.32. The Bertz CT molecular complexity index is 2160. The number of amides is 1. The third kappa shape index (κ3) is 6.62. The van der Waals surface area contributed by atoms with E-state index >= 15 is 0 Å². The summed E-state index contributed by atoms with van der Waals surface area (Å²) in [5.41, 5.74) is 3.27. The standard InChI is InChI=1S/C35H26Cl3N3O4S/c1-20-31(33(42)40-26-6-4-3-5-7-26)32(21-9-13-27(44-2)14-10-21)41-34(43)30(46-35(41)39-20)17-23-16-24(36)12-15-29(23)45-19-22-8-11-25(37)18-28(22)38/h3-18,32H,19H2,1-2H3,(H,40,42)/b30-17+/t32-/m0/s1. The van der Waals surface area contributed by atoms with Crippen LogP contribution in [-0.4, -0.2) is 17.6 Å². The second-order valence-electron chi connectivity index (χ2n) is 10.4. The van der Waals surface area contributed by atoms with Crippen molar-refractivity contribution in [1.82, 2.24) is 4.57 Å². The SMILES string of the molecule is COc1ccc([C@H]2C(C(=O)Nc3ccccc3)=C(C)N=c3s/c(=C/c4cc(Cl)ccc4OCc4ccc(Cl)cc4Cl)c(=O)n32)cc1. The molecule has 0 radical (unpaired) electrons. The maximum absolute atomic E-state index is 14.2. The Morgan fingerprint density at radius 1 is 0.978 bits per heavy atom. The van der Waals surface area contributed by atoms with Crippen molar-refractivity contribution in [3.8, 4) is 11.5 Å². The average Bonchev–Trinajstić information content (AvgIpc) is 3.34. The number of hydrogen-bond donors (Lipinski definition) is 1. The Morgan fingerprint density at radius 3 is 2.41 bits per heavy atom. The Hall–Kier alpha value is -4.34. The minimum absolute atomic E-state index is 0.177. The molecule has 0 aliphatic carbocycles. The first-order valence-corrected chi connectivity index (χ1v) is 16.1. The summed E-state index contributed by atoms with van der Waals surface area (Å²) in [6.07, 6.45) is 1.72. The number of ether oxygens (including phenoxy) is 2. The molecular formula is C35H26Cl3N3O4S. The van der Waals surface area contributed by atoms with Gasteiger partial charge in [-0.05, 0) is 73.2 Å². The maximum atomic E-state index is 14.2. The molecule has 1 amide bonds. The maximum Gasteiger partial charge on any atom is 0.271 e. The Balaban J connectivity index is 1.44. The number of carbonyl (C=O) groups is 1. The van der Waals surface area contributed by atoms with Gasteiger partial charge in [-0.3, -0.25) is 14.2 Å². The molecule has 5 aromatic rings. The monoisotopic (exact) mass is 689 g/mol. The van der Waals surface area contributed by atoms with Crippen molar-refractivity contribution in [1.29, 1.82) is 0 Å². The molecule has 232 valence electrons. The van der Waals surface area contributed by atoms with Gasteiger partial charge in [0, 0.05) is 31.9 Å². The Morgan fingerprint density at radius 2 is 1.70 bits per heavy atom. The van der Waals surface area contributed by atoms with Crippen LogP contribution in [0.15, 0.2) is 112 Å². The van der Waals surface area contributed by atoms with E-state index in [1.807, 2.05) is 30.3 Å². The van der Waals surface area contributed by atoms with Crippen molar-refractivity contribution in [3.63, 3.8) is 0 Å². The van der Waals surface area contributed by atoms with Crippen LogP contribution in [0.25, 0.3) is 6.08 Å². The van der Waals surface area contributed by atoms with E-state index in [0.29, 0.717) is 58.4 Å². The van der Waals surface area contributed by atoms with E-state index in [9.17, 15) is 9.59 Å². The van der Waals surface area contributed by atoms with Crippen molar-refractivity contribution in [2.45, 2.75) is 19.6 Å². The normalized spacial score (nSPS) is 14.5. The van der Waals surface area contributed by atoms with Crippen molar-refractivity contribution in [2.75, 3.05) is 12.4 Å². The zero-order valence-corrected chi connectivity index (χ0v) is 27.7. The average molecular weight is 691 g/mol. The van der Waals surface area contributed by atoms with Crippen LogP contribution in [0.4, 0.5) is 5.69 Å². The molecule has 1 aliphatic heterocycles. The van der Waals surface area contributed by atoms with Crippen LogP contribution >= 0.6 is 46.1 Å². The molecule has 11 heteroatoms. The van der Waals surface area contributed by atoms with Gasteiger partial charge in [0.1, 0.15) is 18.1 Å². The number of rotatable bonds is 8. The van der Waals surface area contributed by atoms with Crippen LogP contribution in [-0.2, 0) is 11.4 Å². The van der Waals surface area contributed by atoms with E-state index < -0.39 is 6.04 Å². The van der Waals surface area contributed by atoms with E-state index in [0.717, 1.165) is 11.1 Å². The minimum atomic E-state index is -0.741. The third-order valence-electron chi connectivity index (χ3n) is 7.39. The zero-order chi connectivity index (χ0) is 32.4. The molecule has 6 rings (SSSR count). The predicted molar refractivity (Wildman–Crippen MR) is 184 cm³/mol. The molecule has 0 bridgehead atoms. The minimum Gasteiger partial charge on any atom is -0.497 e. The highest BCUT2D eigenvalue weighted by molar-refractivity contribution is 7.07. The smallest absolute Gasteiger partial charge is 0.271 e. The molecule has 0 fully saturated rings. The molecule has 0 saturated heterocycles. The number of anilines is 1. The van der Waals surface area contributed by atoms with Crippen molar-refractivity contribution in [3.05, 3.63) is 154 Å². The van der Waals surface area contributed by atoms with Gasteiger partial charge in [-0.15, -0.1) is 0 Å². The van der Waals surface area contributed by atoms with Gasteiger partial charge in [0.15, 0.2) is 4.80 Å². The number of halogens is 3. The quantitative estimate of drug-likeness (QED) is 0.184. The van der Waals surface area contributed by atoms with Crippen LogP contribution in [0.5, 0.6) is 11.5 Å². The number of thiazole rings is 1. The molecule has 4 aromatic carbocycles. The van der Waals surface area contributed by atoms with Crippen LogP contribution in [0.2, 0.25) is 15.1 Å². The number of para-hydroxylation sites is 1. The zero-order valence-electron chi connectivity index (χ0n) is 24.6. The first-order chi connectivity index (χ1) is 22.2. The predicted octanol–water partition coefficient (Wildman–Crippen LogP) is 7.42. The van der Waals surface area contributed by atoms with Gasteiger partial charge in [-0.25, -0.2) is 4.99 Å². The first kappa shape index (κ1) is 31.6. The van der Waals surface area contributed by atoms with Crippen LogP contribution in [0.3, 0.4) is 0 Å². The van der Waals surface area contributed by atoms with Crippen molar-refractivity contribution >= 4 is 63.8 Å². The molecule has 2 heterocycles. The van der Waals surface area contributed by atoms with Gasteiger partial charge in [0.2, 0.25) is 0 Å². The summed E-state index contributed by atoms with van der Waals surface area (Å²) in [6, 6.07) is 26.1. The van der Waals surface area contributed by atoms with E-state index in [2.05, 4.69) is 5.32 Å². The molecule has 46 heavy (non-hydrogen) atoms. The number of fused-ring (bicyclic) bond motifs is 1. The number of hydrogen-bond acceptors (Lipinski definition) is 6. The fourth-order valence-corrected chi connectivity index (χ4v) is 6.81. The highest BCUT2D eigenvalue weighted by atomic mass is 35.5. The lowest BCUT2D eigenvalue weighted by Crippen LogP contribution is -2.40. The van der Waals surface area contributed by atoms with E-state index in [1.54, 1.807) is 85.3 Å². The lowest BCUT2D eigenvalue weighted by atomic mass is 9.95. The number of methoxy groups -OCH3 is 1. The van der Waals surface area contributed by atoms with E-state index in [4.69, 9.17) is 49.3 Å². The number of nitrogens with zero attached hydrogens (tertiary/aromatic N) is 2. The van der Waals surface area contributed by atoms with Gasteiger partial charge in [0.05, 0.1) is 29.0 Å². The van der Waals surface area contributed by atoms with Crippen LogP contribution < -0.4 is 29.7 Å². The van der Waals surface area contributed by atoms with Gasteiger partial charge in [-0.2, -0.15) is 0 Å². The molecule has 1 N–H and O–H groups in total. The molecule has 7 nitrogen and oxygen atoms in total. The molecule has 1 aliphatic rings. The molecule has 1 atom stereocenters. The summed E-state index contributed by atoms with van der Waals surface area (Å²) in [5.74, 6) is 0.807. The molecular weight excluding hydrogens is 665 g/mol. The van der Waals surface area contributed by atoms with E-state index in [1.165, 1.54) is 11.3 Å². The summed E-state index contributed by atoms with van der Waals surface area (Å²) in [6.45, 7) is 1.95. The van der Waals surface area contributed by atoms with Crippen molar-refractivity contribution in [2.24, 2.45) is 4.99 Å². The van der Waals surface area contributed by atoms with Gasteiger partial charge in [-0.1, -0.05) is 82.5 Å². The van der Waals surface area contributed by atoms with Gasteiger partial charge < -0.3 is 14.8 Å². The number of carbonyl (C=O) groups excluding carboxylic acids is 1. The number of benzene rings is 4. The lowest BCUT2D eigenvalue weighted by Gasteiger charge is -2.25. The van der Waals surface area contributed by atoms with Gasteiger partial charge >= 0.3 is 0 Å². The van der Waals surface area contributed by atoms with Crippen molar-refractivity contribution < 1.29 is 14.3 Å². The van der Waals surface area contributed by atoms with Crippen LogP contribution in [0, 0.1) is 0 Å². The summed E-state index contributed by atoms with van der Waals surface area (Å²) < 4.78 is 13.4. The molecule has 0 spiro atoms. The van der Waals surface area contributed by atoms with E-state index in [-0.39, 0.29) is 18.1 Å². The highest BCUT2D eigenvalue weighted by Crippen LogP contribution is 2.32. The number of nitrogens with one attached hydrogen (secondary N) is 1. The summed E-state index contributed by atoms with van der Waals surface area (Å²) in [4.78, 5) is 33.2. The Kier molecular flexibility index (Phi) is 9.33. The summed E-state index contributed by atoms with van der Waals surface area (Å²) >= 11 is 20.0. The molecule has 1 aromatic heterocycles. The largest absolute Gasteiger partial charge is 0.497 e. The second kappa shape index (κ2) is 13.6. The Labute approximate surface area is 283 Å². The van der Waals surface area contributed by atoms with Crippen LogP contribution in [0.1, 0.15) is 29.7 Å². The second-order valence-corrected chi connectivity index (χ2v) is 12.7. The summed E-state index contributed by atoms with van der Waals surface area (Å²) in [7, 11) is 1.58. The number of aromatic nitrogens is 1. The fourth-order valence-electron chi connectivity index (χ4n) is 5.13. The third-order valence-corrected chi connectivity index (χ3v) is 9.19. The fraction of sp³-hybridized carbons (Fsp3) is 0.114. The summed E-state index contributed by atoms with van der Waals surface area (Å²) in [5, 5.41) is 4.45. The lowest BCUT2D eigenvalue weighted by molar-refractivity contribution is -0.113. The first-order valence-electron chi connectivity index (χ1n) is 14.1. The topological polar surface area (TPSA) is 81.9 Å². The number of allylic oxidation sites excluding steroid dienone is 1. The van der Waals surface area contributed by atoms with Gasteiger partial charge in [0.25, 0.3) is 11.5 Å². The molecule has 0 unspecified atom stereocenters.